The first-order chi connectivity index (χ1) is 18.3. The van der Waals surface area contributed by atoms with Gasteiger partial charge in [-0.25, -0.2) is 4.98 Å². The minimum atomic E-state index is -2.77. The Morgan fingerprint density at radius 2 is 1.13 bits per heavy atom. The zero-order valence-corrected chi connectivity index (χ0v) is 24.5. The normalized spacial score (nSPS) is 11.2. The molecule has 0 aliphatic heterocycles. The van der Waals surface area contributed by atoms with E-state index in [9.17, 15) is 0 Å². The highest BCUT2D eigenvalue weighted by molar-refractivity contribution is 8.07. The summed E-state index contributed by atoms with van der Waals surface area (Å²) in [6, 6.07) is 33.8. The summed E-state index contributed by atoms with van der Waals surface area (Å²) in [6.45, 7) is 7.78. The Bertz CT molecular complexity index is 1180. The van der Waals surface area contributed by atoms with Gasteiger partial charge in [-0.05, 0) is 37.5 Å². The summed E-state index contributed by atoms with van der Waals surface area (Å²) in [4.78, 5) is 8.71. The van der Waals surface area contributed by atoms with Crippen LogP contribution in [0.15, 0.2) is 97.1 Å². The SMILES string of the molecule is CCOP(=S)(OCC)Oc1cc(C)nc(C(C)C)n1.c1ccc(C(c2ccccc2)c2ccccc2)cc1. The Labute approximate surface area is 232 Å². The van der Waals surface area contributed by atoms with Gasteiger partial charge in [-0.1, -0.05) is 105 Å². The van der Waals surface area contributed by atoms with E-state index in [-0.39, 0.29) is 5.92 Å². The van der Waals surface area contributed by atoms with E-state index in [1.165, 1.54) is 16.7 Å². The lowest BCUT2D eigenvalue weighted by Crippen LogP contribution is -2.06. The number of hydrogen-bond acceptors (Lipinski definition) is 6. The van der Waals surface area contributed by atoms with Crippen LogP contribution in [0.3, 0.4) is 0 Å². The molecule has 5 nitrogen and oxygen atoms in total. The smallest absolute Gasteiger partial charge is 0.381 e. The Morgan fingerprint density at radius 3 is 1.50 bits per heavy atom. The van der Waals surface area contributed by atoms with Gasteiger partial charge in [0.25, 0.3) is 0 Å². The van der Waals surface area contributed by atoms with Crippen molar-refractivity contribution in [2.75, 3.05) is 13.2 Å². The van der Waals surface area contributed by atoms with Gasteiger partial charge in [-0.15, -0.1) is 0 Å². The predicted octanol–water partition coefficient (Wildman–Crippen LogP) is 8.45. The third-order valence-corrected chi connectivity index (χ3v) is 7.96. The molecule has 0 radical (unpaired) electrons. The molecule has 0 unspecified atom stereocenters. The van der Waals surface area contributed by atoms with Crippen LogP contribution in [0.1, 0.15) is 67.7 Å². The summed E-state index contributed by atoms with van der Waals surface area (Å²) in [5, 5.41) is 0. The second-order valence-corrected chi connectivity index (χ2v) is 11.8. The second kappa shape index (κ2) is 14.9. The molecule has 0 N–H and O–H groups in total. The number of benzene rings is 3. The molecular weight excluding hydrogens is 511 g/mol. The maximum Gasteiger partial charge on any atom is 0.381 e. The molecule has 0 spiro atoms. The van der Waals surface area contributed by atoms with E-state index < -0.39 is 6.72 Å². The summed E-state index contributed by atoms with van der Waals surface area (Å²) in [6.07, 6.45) is 0. The lowest BCUT2D eigenvalue weighted by atomic mass is 9.85. The third kappa shape index (κ3) is 8.85. The molecule has 3 aromatic carbocycles. The zero-order chi connectivity index (χ0) is 27.4. The van der Waals surface area contributed by atoms with Crippen molar-refractivity contribution in [3.63, 3.8) is 0 Å². The van der Waals surface area contributed by atoms with E-state index in [0.29, 0.717) is 25.0 Å². The van der Waals surface area contributed by atoms with Gasteiger partial charge in [-0.2, -0.15) is 4.98 Å². The lowest BCUT2D eigenvalue weighted by Gasteiger charge is -2.20. The Balaban J connectivity index is 0.000000211. The summed E-state index contributed by atoms with van der Waals surface area (Å²) < 4.78 is 16.6. The molecule has 0 fully saturated rings. The number of rotatable bonds is 10. The number of nitrogens with zero attached hydrogens (tertiary/aromatic N) is 2. The van der Waals surface area contributed by atoms with Gasteiger partial charge >= 0.3 is 6.72 Å². The molecule has 0 amide bonds. The summed E-state index contributed by atoms with van der Waals surface area (Å²) >= 11 is 5.32. The van der Waals surface area contributed by atoms with Crippen molar-refractivity contribution in [1.82, 2.24) is 9.97 Å². The molecule has 4 rings (SSSR count). The van der Waals surface area contributed by atoms with Crippen LogP contribution in [0.5, 0.6) is 5.88 Å². The van der Waals surface area contributed by atoms with Crippen molar-refractivity contribution in [2.24, 2.45) is 0 Å². The molecule has 1 aromatic heterocycles. The first-order valence-corrected chi connectivity index (χ1v) is 15.5. The predicted molar refractivity (Wildman–Crippen MR) is 159 cm³/mol. The van der Waals surface area contributed by atoms with Crippen molar-refractivity contribution in [2.45, 2.75) is 46.5 Å². The Morgan fingerprint density at radius 1 is 0.711 bits per heavy atom. The highest BCUT2D eigenvalue weighted by atomic mass is 32.5. The van der Waals surface area contributed by atoms with Crippen LogP contribution >= 0.6 is 6.72 Å². The van der Waals surface area contributed by atoms with Crippen molar-refractivity contribution < 1.29 is 13.6 Å². The van der Waals surface area contributed by atoms with Crippen LogP contribution in [-0.2, 0) is 20.9 Å². The van der Waals surface area contributed by atoms with Crippen molar-refractivity contribution in [3.8, 4) is 5.88 Å². The molecule has 0 atom stereocenters. The number of aryl methyl sites for hydroxylation is 1. The molecular formula is C31H37N2O3PS. The lowest BCUT2D eigenvalue weighted by molar-refractivity contribution is 0.215. The molecule has 38 heavy (non-hydrogen) atoms. The van der Waals surface area contributed by atoms with E-state index in [4.69, 9.17) is 25.4 Å². The van der Waals surface area contributed by atoms with Crippen LogP contribution < -0.4 is 4.52 Å². The highest BCUT2D eigenvalue weighted by Crippen LogP contribution is 2.49. The summed E-state index contributed by atoms with van der Waals surface area (Å²) in [5.74, 6) is 1.67. The van der Waals surface area contributed by atoms with Gasteiger partial charge < -0.3 is 4.52 Å². The third-order valence-electron chi connectivity index (χ3n) is 5.54. The highest BCUT2D eigenvalue weighted by Gasteiger charge is 2.23. The fraction of sp³-hybridized carbons (Fsp3) is 0.290. The quantitative estimate of drug-likeness (QED) is 0.146. The fourth-order valence-electron chi connectivity index (χ4n) is 3.90. The molecule has 4 aromatic rings. The van der Waals surface area contributed by atoms with Gasteiger partial charge in [0.2, 0.25) is 5.88 Å². The largest absolute Gasteiger partial charge is 0.406 e. The van der Waals surface area contributed by atoms with Crippen LogP contribution in [-0.4, -0.2) is 23.2 Å². The van der Waals surface area contributed by atoms with Gasteiger partial charge in [0, 0.05) is 35.4 Å². The average molecular weight is 549 g/mol. The van der Waals surface area contributed by atoms with Gasteiger partial charge in [0.1, 0.15) is 5.82 Å². The van der Waals surface area contributed by atoms with Gasteiger partial charge in [0.05, 0.1) is 13.2 Å². The van der Waals surface area contributed by atoms with E-state index in [2.05, 4.69) is 101 Å². The molecule has 0 bridgehead atoms. The van der Waals surface area contributed by atoms with Crippen molar-refractivity contribution in [3.05, 3.63) is 125 Å². The van der Waals surface area contributed by atoms with Crippen LogP contribution in [0.4, 0.5) is 0 Å². The molecule has 7 heteroatoms. The van der Waals surface area contributed by atoms with Gasteiger partial charge in [-0.3, -0.25) is 9.05 Å². The second-order valence-electron chi connectivity index (χ2n) is 8.90. The molecule has 1 heterocycles. The number of hydrogen-bond donors (Lipinski definition) is 0. The minimum absolute atomic E-state index is 0.222. The fourth-order valence-corrected chi connectivity index (χ4v) is 5.90. The first kappa shape index (κ1) is 29.7. The van der Waals surface area contributed by atoms with E-state index in [0.717, 1.165) is 11.5 Å². The monoisotopic (exact) mass is 548 g/mol. The van der Waals surface area contributed by atoms with Gasteiger partial charge in [0.15, 0.2) is 0 Å². The summed E-state index contributed by atoms with van der Waals surface area (Å²) in [5.41, 5.74) is 4.84. The van der Waals surface area contributed by atoms with E-state index in [1.54, 1.807) is 6.07 Å². The van der Waals surface area contributed by atoms with Crippen LogP contribution in [0.2, 0.25) is 0 Å². The maximum absolute atomic E-state index is 5.68. The van der Waals surface area contributed by atoms with Crippen LogP contribution in [0.25, 0.3) is 0 Å². The van der Waals surface area contributed by atoms with E-state index in [1.807, 2.05) is 34.6 Å². The standard InChI is InChI=1S/C19H16.C12H21N2O3PS/c1-4-10-16(11-5-1)19(17-12-6-2-7-13-17)18-14-8-3-9-15-18;1-6-15-18(19,16-7-2)17-11-8-10(5)13-12(14-11)9(3)4/h1-15,19H;8-9H,6-7H2,1-5H3. The first-order valence-electron chi connectivity index (χ1n) is 12.9. The minimum Gasteiger partial charge on any atom is -0.406 e. The van der Waals surface area contributed by atoms with Crippen molar-refractivity contribution >= 4 is 18.5 Å². The number of aromatic nitrogens is 2. The van der Waals surface area contributed by atoms with Crippen LogP contribution in [0, 0.1) is 6.92 Å². The molecule has 0 aliphatic rings. The Hall–Kier alpha value is -2.89. The molecule has 0 aliphatic carbocycles. The molecule has 0 saturated heterocycles. The zero-order valence-electron chi connectivity index (χ0n) is 22.8. The Kier molecular flexibility index (Phi) is 11.6. The molecule has 0 saturated carbocycles. The maximum atomic E-state index is 5.68. The topological polar surface area (TPSA) is 53.5 Å². The average Bonchev–Trinajstić information content (AvgIpc) is 2.91. The molecule has 200 valence electrons. The summed E-state index contributed by atoms with van der Waals surface area (Å²) in [7, 11) is 0. The van der Waals surface area contributed by atoms with E-state index >= 15 is 0 Å². The van der Waals surface area contributed by atoms with Crippen molar-refractivity contribution in [1.29, 1.82) is 0 Å².